The molecule has 1 aromatic carbocycles. The van der Waals surface area contributed by atoms with Gasteiger partial charge in [-0.3, -0.25) is 20.2 Å². The van der Waals surface area contributed by atoms with Crippen LogP contribution in [0, 0.1) is 10.1 Å². The van der Waals surface area contributed by atoms with Gasteiger partial charge in [0.1, 0.15) is 0 Å². The Labute approximate surface area is 118 Å². The molecule has 1 rings (SSSR count). The van der Waals surface area contributed by atoms with Gasteiger partial charge in [0.25, 0.3) is 11.6 Å². The summed E-state index contributed by atoms with van der Waals surface area (Å²) < 4.78 is 4.77. The van der Waals surface area contributed by atoms with Crippen LogP contribution in [0.25, 0.3) is 0 Å². The summed E-state index contributed by atoms with van der Waals surface area (Å²) >= 11 is 0. The monoisotopic (exact) mass is 296 g/mol. The molecule has 1 unspecified atom stereocenters. The highest BCUT2D eigenvalue weighted by atomic mass is 16.6. The fraction of sp³-hybridized carbons (Fsp3) is 0.182. The number of ether oxygens (including phenoxy) is 1. The number of imide groups is 1. The maximum atomic E-state index is 11.8. The van der Waals surface area contributed by atoms with Crippen molar-refractivity contribution in [3.05, 3.63) is 33.9 Å². The highest BCUT2D eigenvalue weighted by Gasteiger charge is 2.22. The van der Waals surface area contributed by atoms with Gasteiger partial charge in [0.15, 0.2) is 6.10 Å². The molecule has 1 aromatic rings. The zero-order valence-electron chi connectivity index (χ0n) is 10.9. The minimum Gasteiger partial charge on any atom is -0.449 e. The van der Waals surface area contributed by atoms with Crippen molar-refractivity contribution in [3.63, 3.8) is 0 Å². The van der Waals surface area contributed by atoms with E-state index in [4.69, 9.17) is 16.2 Å². The molecule has 0 aromatic heterocycles. The predicted octanol–water partition coefficient (Wildman–Crippen LogP) is -0.0828. The molecule has 10 heteroatoms. The zero-order chi connectivity index (χ0) is 16.2. The van der Waals surface area contributed by atoms with Gasteiger partial charge in [0.05, 0.1) is 16.2 Å². The minimum absolute atomic E-state index is 0.140. The first-order chi connectivity index (χ1) is 9.72. The highest BCUT2D eigenvalue weighted by molar-refractivity contribution is 5.99. The number of nitrogens with zero attached hydrogens (tertiary/aromatic N) is 1. The molecule has 0 heterocycles. The quantitative estimate of drug-likeness (QED) is 0.302. The fourth-order valence-corrected chi connectivity index (χ4v) is 1.35. The smallest absolute Gasteiger partial charge is 0.341 e. The Morgan fingerprint density at radius 2 is 2.00 bits per heavy atom. The van der Waals surface area contributed by atoms with Crippen molar-refractivity contribution in [1.29, 1.82) is 0 Å². The minimum atomic E-state index is -1.29. The summed E-state index contributed by atoms with van der Waals surface area (Å²) in [6.07, 6.45) is -1.29. The molecular formula is C11H12N4O6. The Balaban J connectivity index is 2.83. The first kappa shape index (κ1) is 15.9. The van der Waals surface area contributed by atoms with Gasteiger partial charge in [-0.1, -0.05) is 0 Å². The van der Waals surface area contributed by atoms with Crippen LogP contribution in [0.5, 0.6) is 0 Å². The topological polar surface area (TPSA) is 168 Å². The number of benzene rings is 1. The van der Waals surface area contributed by atoms with Crippen molar-refractivity contribution >= 4 is 29.3 Å². The molecule has 112 valence electrons. The third kappa shape index (κ3) is 4.16. The van der Waals surface area contributed by atoms with Crippen LogP contribution < -0.4 is 16.8 Å². The summed E-state index contributed by atoms with van der Waals surface area (Å²) in [5.41, 5.74) is 9.66. The lowest BCUT2D eigenvalue weighted by molar-refractivity contribution is -0.384. The van der Waals surface area contributed by atoms with E-state index in [0.717, 1.165) is 18.2 Å². The van der Waals surface area contributed by atoms with Crippen molar-refractivity contribution in [2.75, 3.05) is 5.73 Å². The number of hydrogen-bond acceptors (Lipinski definition) is 7. The zero-order valence-corrected chi connectivity index (χ0v) is 10.9. The number of anilines is 1. The van der Waals surface area contributed by atoms with Crippen LogP contribution in [0.4, 0.5) is 16.2 Å². The van der Waals surface area contributed by atoms with Crippen molar-refractivity contribution in [3.8, 4) is 0 Å². The molecule has 0 radical (unpaired) electrons. The van der Waals surface area contributed by atoms with E-state index >= 15 is 0 Å². The Bertz CT molecular complexity index is 615. The molecule has 0 aliphatic rings. The number of non-ortho nitro benzene ring substituents is 1. The number of amides is 3. The molecule has 0 aliphatic heterocycles. The Morgan fingerprint density at radius 3 is 2.48 bits per heavy atom. The number of nitro benzene ring substituents is 1. The van der Waals surface area contributed by atoms with Crippen LogP contribution in [0.1, 0.15) is 17.3 Å². The standard InChI is InChI=1S/C11H12N4O6/c1-5(9(16)14-11(13)18)21-10(17)7-3-2-6(15(19)20)4-8(7)12/h2-5H,12H2,1H3,(H3,13,14,16,18). The van der Waals surface area contributed by atoms with Crippen molar-refractivity contribution < 1.29 is 24.0 Å². The van der Waals surface area contributed by atoms with Gasteiger partial charge in [0, 0.05) is 12.1 Å². The largest absolute Gasteiger partial charge is 0.449 e. The number of carbonyl (C=O) groups excluding carboxylic acids is 3. The normalized spacial score (nSPS) is 11.3. The summed E-state index contributed by atoms with van der Waals surface area (Å²) in [5, 5.41) is 12.3. The second kappa shape index (κ2) is 6.32. The number of nitrogens with one attached hydrogen (secondary N) is 1. The Kier molecular flexibility index (Phi) is 4.78. The molecule has 1 atom stereocenters. The van der Waals surface area contributed by atoms with Gasteiger partial charge >= 0.3 is 12.0 Å². The summed E-state index contributed by atoms with van der Waals surface area (Å²) in [6.45, 7) is 1.22. The maximum absolute atomic E-state index is 11.8. The van der Waals surface area contributed by atoms with Gasteiger partial charge in [-0.2, -0.15) is 0 Å². The Morgan fingerprint density at radius 1 is 1.38 bits per heavy atom. The van der Waals surface area contributed by atoms with Crippen LogP contribution in [0.2, 0.25) is 0 Å². The van der Waals surface area contributed by atoms with Crippen molar-refractivity contribution in [2.45, 2.75) is 13.0 Å². The molecule has 21 heavy (non-hydrogen) atoms. The highest BCUT2D eigenvalue weighted by Crippen LogP contribution is 2.20. The average Bonchev–Trinajstić information content (AvgIpc) is 2.37. The van der Waals surface area contributed by atoms with E-state index in [0.29, 0.717) is 0 Å². The maximum Gasteiger partial charge on any atom is 0.341 e. The van der Waals surface area contributed by atoms with E-state index < -0.39 is 28.9 Å². The second-order valence-electron chi connectivity index (χ2n) is 3.93. The lowest BCUT2D eigenvalue weighted by Gasteiger charge is -2.12. The van der Waals surface area contributed by atoms with E-state index in [1.807, 2.05) is 0 Å². The molecule has 5 N–H and O–H groups in total. The van der Waals surface area contributed by atoms with Gasteiger partial charge in [-0.15, -0.1) is 0 Å². The number of nitrogens with two attached hydrogens (primary N) is 2. The lowest BCUT2D eigenvalue weighted by atomic mass is 10.1. The molecule has 0 saturated heterocycles. The number of rotatable bonds is 4. The van der Waals surface area contributed by atoms with Crippen LogP contribution in [0.3, 0.4) is 0 Å². The Hall–Kier alpha value is -3.17. The first-order valence-corrected chi connectivity index (χ1v) is 5.57. The number of hydrogen-bond donors (Lipinski definition) is 3. The van der Waals surface area contributed by atoms with E-state index in [2.05, 4.69) is 0 Å². The van der Waals surface area contributed by atoms with Gasteiger partial charge in [-0.25, -0.2) is 9.59 Å². The molecule has 0 bridgehead atoms. The van der Waals surface area contributed by atoms with E-state index in [1.54, 1.807) is 5.32 Å². The average molecular weight is 296 g/mol. The summed E-state index contributed by atoms with van der Waals surface area (Å²) in [4.78, 5) is 43.5. The van der Waals surface area contributed by atoms with E-state index in [1.165, 1.54) is 6.92 Å². The molecule has 0 saturated carbocycles. The van der Waals surface area contributed by atoms with Gasteiger partial charge in [0.2, 0.25) is 0 Å². The molecule has 0 aliphatic carbocycles. The van der Waals surface area contributed by atoms with Crippen molar-refractivity contribution in [2.24, 2.45) is 5.73 Å². The third-order valence-corrected chi connectivity index (χ3v) is 2.37. The molecule has 10 nitrogen and oxygen atoms in total. The first-order valence-electron chi connectivity index (χ1n) is 5.57. The van der Waals surface area contributed by atoms with Crippen LogP contribution in [0.15, 0.2) is 18.2 Å². The third-order valence-electron chi connectivity index (χ3n) is 2.37. The van der Waals surface area contributed by atoms with Crippen LogP contribution in [-0.2, 0) is 9.53 Å². The van der Waals surface area contributed by atoms with Crippen molar-refractivity contribution in [1.82, 2.24) is 5.32 Å². The summed E-state index contributed by atoms with van der Waals surface area (Å²) in [7, 11) is 0. The number of nitro groups is 1. The van der Waals surface area contributed by atoms with E-state index in [-0.39, 0.29) is 16.9 Å². The molecule has 0 spiro atoms. The predicted molar refractivity (Wildman–Crippen MR) is 70.1 cm³/mol. The number of nitrogen functional groups attached to an aromatic ring is 1. The number of carbonyl (C=O) groups is 3. The number of esters is 1. The molecule has 0 fully saturated rings. The van der Waals surface area contributed by atoms with Crippen LogP contribution >= 0.6 is 0 Å². The summed E-state index contributed by atoms with van der Waals surface area (Å²) in [5.74, 6) is -1.87. The van der Waals surface area contributed by atoms with E-state index in [9.17, 15) is 24.5 Å². The van der Waals surface area contributed by atoms with Gasteiger partial charge in [-0.05, 0) is 13.0 Å². The van der Waals surface area contributed by atoms with Crippen LogP contribution in [-0.4, -0.2) is 28.9 Å². The number of urea groups is 1. The fourth-order valence-electron chi connectivity index (χ4n) is 1.35. The molecular weight excluding hydrogens is 284 g/mol. The SMILES string of the molecule is CC(OC(=O)c1ccc([N+](=O)[O-])cc1N)C(=O)NC(N)=O. The number of primary amides is 1. The van der Waals surface area contributed by atoms with Gasteiger partial charge < -0.3 is 16.2 Å². The second-order valence-corrected chi connectivity index (χ2v) is 3.93. The summed E-state index contributed by atoms with van der Waals surface area (Å²) in [6, 6.07) is 2.08. The molecule has 3 amide bonds. The lowest BCUT2D eigenvalue weighted by Crippen LogP contribution is -2.42.